The summed E-state index contributed by atoms with van der Waals surface area (Å²) in [5, 5.41) is 7.08. The highest BCUT2D eigenvalue weighted by Crippen LogP contribution is 2.16. The minimum atomic E-state index is -0.407. The van der Waals surface area contributed by atoms with Gasteiger partial charge in [-0.25, -0.2) is 4.39 Å². The van der Waals surface area contributed by atoms with Gasteiger partial charge in [0.15, 0.2) is 5.82 Å². The smallest absolute Gasteiger partial charge is 0.152 e. The zero-order chi connectivity index (χ0) is 14.5. The number of nitrogens with one attached hydrogen (secondary N) is 1. The highest BCUT2D eigenvalue weighted by atomic mass is 32.1. The Kier molecular flexibility index (Phi) is 4.62. The van der Waals surface area contributed by atoms with Crippen LogP contribution in [-0.4, -0.2) is 26.9 Å². The van der Waals surface area contributed by atoms with Crippen molar-refractivity contribution < 1.29 is 9.13 Å². The molecule has 106 valence electrons. The zero-order valence-corrected chi connectivity index (χ0v) is 12.1. The Labute approximate surface area is 121 Å². The minimum Gasteiger partial charge on any atom is -0.492 e. The van der Waals surface area contributed by atoms with Crippen molar-refractivity contribution >= 4 is 23.5 Å². The molecule has 5 nitrogen and oxygen atoms in total. The van der Waals surface area contributed by atoms with E-state index in [2.05, 4.69) is 15.4 Å². The van der Waals surface area contributed by atoms with Gasteiger partial charge in [-0.15, -0.1) is 0 Å². The molecule has 0 aromatic carbocycles. The first-order valence-corrected chi connectivity index (χ1v) is 6.63. The van der Waals surface area contributed by atoms with Crippen LogP contribution in [0.2, 0.25) is 0 Å². The fourth-order valence-electron chi connectivity index (χ4n) is 1.75. The highest BCUT2D eigenvalue weighted by molar-refractivity contribution is 7.79. The molecule has 0 atom stereocenters. The maximum atomic E-state index is 13.9. The second-order valence-corrected chi connectivity index (χ2v) is 4.36. The molecule has 0 saturated heterocycles. The molecule has 2 aromatic heterocycles. The van der Waals surface area contributed by atoms with Crippen LogP contribution in [0.15, 0.2) is 18.3 Å². The van der Waals surface area contributed by atoms with Crippen molar-refractivity contribution in [2.24, 2.45) is 0 Å². The Balaban J connectivity index is 2.19. The fourth-order valence-corrected chi connectivity index (χ4v) is 1.87. The third-order valence-corrected chi connectivity index (χ3v) is 2.81. The Bertz CT molecular complexity index is 614. The van der Waals surface area contributed by atoms with Crippen molar-refractivity contribution in [2.75, 3.05) is 11.9 Å². The predicted molar refractivity (Wildman–Crippen MR) is 78.7 cm³/mol. The van der Waals surface area contributed by atoms with Crippen LogP contribution >= 0.6 is 12.2 Å². The fraction of sp³-hybridized carbons (Fsp3) is 0.308. The number of hydrogen-bond donors (Lipinski definition) is 1. The molecule has 0 amide bonds. The summed E-state index contributed by atoms with van der Waals surface area (Å²) in [5.74, 6) is 0.646. The molecule has 0 radical (unpaired) electrons. The van der Waals surface area contributed by atoms with E-state index in [9.17, 15) is 4.39 Å². The summed E-state index contributed by atoms with van der Waals surface area (Å²) in [6.07, 6.45) is 1.51. The molecule has 0 unspecified atom stereocenters. The lowest BCUT2D eigenvalue weighted by Gasteiger charge is -2.07. The molecule has 2 aromatic rings. The molecule has 0 saturated carbocycles. The van der Waals surface area contributed by atoms with Crippen LogP contribution in [-0.2, 0) is 6.54 Å². The first kappa shape index (κ1) is 14.4. The van der Waals surface area contributed by atoms with Crippen molar-refractivity contribution in [1.29, 1.82) is 0 Å². The van der Waals surface area contributed by atoms with Gasteiger partial charge < -0.3 is 10.1 Å². The van der Waals surface area contributed by atoms with Crippen molar-refractivity contribution in [1.82, 2.24) is 14.8 Å². The number of anilines is 1. The van der Waals surface area contributed by atoms with Crippen molar-refractivity contribution in [3.05, 3.63) is 35.5 Å². The third-order valence-electron chi connectivity index (χ3n) is 2.69. The van der Waals surface area contributed by atoms with Crippen LogP contribution in [0.3, 0.4) is 0 Å². The van der Waals surface area contributed by atoms with Crippen LogP contribution in [0, 0.1) is 12.7 Å². The van der Waals surface area contributed by atoms with E-state index < -0.39 is 5.82 Å². The summed E-state index contributed by atoms with van der Waals surface area (Å²) in [4.78, 5) is 4.08. The summed E-state index contributed by atoms with van der Waals surface area (Å²) in [7, 11) is 0. The zero-order valence-electron chi connectivity index (χ0n) is 11.3. The van der Waals surface area contributed by atoms with Gasteiger partial charge >= 0.3 is 0 Å². The predicted octanol–water partition coefficient (Wildman–Crippen LogP) is 2.54. The maximum absolute atomic E-state index is 13.9. The van der Waals surface area contributed by atoms with E-state index in [1.807, 2.05) is 19.9 Å². The van der Waals surface area contributed by atoms with Gasteiger partial charge in [0, 0.05) is 17.8 Å². The standard InChI is InChI=1S/C13H15FN4OS/c1-3-19-10-5-11(14)12(15-6-10)7-18-9(2)4-13(17-18)16-8-20/h4-6,8H,3,7H2,1-2H3,(H,16,17,20). The van der Waals surface area contributed by atoms with Crippen molar-refractivity contribution in [3.8, 4) is 5.75 Å². The molecule has 2 heterocycles. The average molecular weight is 294 g/mol. The molecular weight excluding hydrogens is 279 g/mol. The number of halogens is 1. The number of hydrogen-bond acceptors (Lipinski definition) is 4. The van der Waals surface area contributed by atoms with Gasteiger partial charge in [-0.2, -0.15) is 5.10 Å². The number of nitrogens with zero attached hydrogens (tertiary/aromatic N) is 3. The molecule has 20 heavy (non-hydrogen) atoms. The van der Waals surface area contributed by atoms with E-state index >= 15 is 0 Å². The van der Waals surface area contributed by atoms with Crippen LogP contribution in [0.5, 0.6) is 5.75 Å². The SMILES string of the molecule is CCOc1cnc(Cn2nc(NC=S)cc2C)c(F)c1. The molecule has 0 fully saturated rings. The van der Waals surface area contributed by atoms with E-state index in [0.717, 1.165) is 5.69 Å². The molecule has 0 spiro atoms. The number of aromatic nitrogens is 3. The lowest BCUT2D eigenvalue weighted by Crippen LogP contribution is -2.08. The van der Waals surface area contributed by atoms with E-state index in [1.54, 1.807) is 4.68 Å². The van der Waals surface area contributed by atoms with Gasteiger partial charge in [0.25, 0.3) is 0 Å². The van der Waals surface area contributed by atoms with Crippen LogP contribution in [0.25, 0.3) is 0 Å². The topological polar surface area (TPSA) is 52.0 Å². The summed E-state index contributed by atoms with van der Waals surface area (Å²) >= 11 is 4.70. The van der Waals surface area contributed by atoms with E-state index in [4.69, 9.17) is 17.0 Å². The van der Waals surface area contributed by atoms with Gasteiger partial charge in [-0.1, -0.05) is 12.2 Å². The van der Waals surface area contributed by atoms with Crippen LogP contribution in [0.4, 0.5) is 10.2 Å². The van der Waals surface area contributed by atoms with Gasteiger partial charge in [0.05, 0.1) is 30.5 Å². The van der Waals surface area contributed by atoms with Gasteiger partial charge in [-0.05, 0) is 13.8 Å². The summed E-state index contributed by atoms with van der Waals surface area (Å²) in [5.41, 5.74) is 2.58. The van der Waals surface area contributed by atoms with Crippen LogP contribution in [0.1, 0.15) is 18.3 Å². The van der Waals surface area contributed by atoms with Crippen LogP contribution < -0.4 is 10.1 Å². The van der Waals surface area contributed by atoms with Gasteiger partial charge in [0.2, 0.25) is 0 Å². The lowest BCUT2D eigenvalue weighted by atomic mass is 10.3. The molecule has 2 rings (SSSR count). The molecule has 0 bridgehead atoms. The maximum Gasteiger partial charge on any atom is 0.152 e. The van der Waals surface area contributed by atoms with E-state index in [0.29, 0.717) is 23.9 Å². The first-order chi connectivity index (χ1) is 9.63. The highest BCUT2D eigenvalue weighted by Gasteiger charge is 2.10. The largest absolute Gasteiger partial charge is 0.492 e. The van der Waals surface area contributed by atoms with Crippen molar-refractivity contribution in [2.45, 2.75) is 20.4 Å². The Hall–Kier alpha value is -2.02. The molecule has 7 heteroatoms. The minimum absolute atomic E-state index is 0.253. The number of rotatable bonds is 6. The molecule has 0 aliphatic carbocycles. The normalized spacial score (nSPS) is 10.3. The Morgan fingerprint density at radius 1 is 1.50 bits per heavy atom. The second kappa shape index (κ2) is 6.42. The summed E-state index contributed by atoms with van der Waals surface area (Å²) in [6, 6.07) is 3.16. The molecule has 0 aliphatic rings. The van der Waals surface area contributed by atoms with E-state index in [-0.39, 0.29) is 6.54 Å². The molecule has 1 N–H and O–H groups in total. The first-order valence-electron chi connectivity index (χ1n) is 6.16. The van der Waals surface area contributed by atoms with Crippen molar-refractivity contribution in [3.63, 3.8) is 0 Å². The summed E-state index contributed by atoms with van der Waals surface area (Å²) < 4.78 is 20.8. The average Bonchev–Trinajstić information content (AvgIpc) is 2.74. The number of aryl methyl sites for hydroxylation is 1. The van der Waals surface area contributed by atoms with E-state index in [1.165, 1.54) is 17.8 Å². The second-order valence-electron chi connectivity index (χ2n) is 4.12. The number of thiocarbonyl (C=S) groups is 1. The molecular formula is C13H15FN4OS. The summed E-state index contributed by atoms with van der Waals surface area (Å²) in [6.45, 7) is 4.45. The third kappa shape index (κ3) is 3.30. The number of pyridine rings is 1. The van der Waals surface area contributed by atoms with Gasteiger partial charge in [-0.3, -0.25) is 9.67 Å². The lowest BCUT2D eigenvalue weighted by molar-refractivity contribution is 0.336. The monoisotopic (exact) mass is 294 g/mol. The van der Waals surface area contributed by atoms with Gasteiger partial charge in [0.1, 0.15) is 11.6 Å². The number of ether oxygens (including phenoxy) is 1. The quantitative estimate of drug-likeness (QED) is 0.830. The Morgan fingerprint density at radius 2 is 2.30 bits per heavy atom. The molecule has 0 aliphatic heterocycles. The Morgan fingerprint density at radius 3 is 2.95 bits per heavy atom.